The predicted octanol–water partition coefficient (Wildman–Crippen LogP) is 5.97. The lowest BCUT2D eigenvalue weighted by molar-refractivity contribution is 0.340. The fourth-order valence-electron chi connectivity index (χ4n) is 3.77. The largest absolute Gasteiger partial charge is 0.494 e. The Morgan fingerprint density at radius 3 is 2.48 bits per heavy atom. The van der Waals surface area contributed by atoms with Gasteiger partial charge in [0.05, 0.1) is 6.61 Å². The van der Waals surface area contributed by atoms with Gasteiger partial charge in [0.15, 0.2) is 5.11 Å². The van der Waals surface area contributed by atoms with Crippen LogP contribution in [-0.4, -0.2) is 17.3 Å². The van der Waals surface area contributed by atoms with E-state index in [9.17, 15) is 0 Å². The van der Waals surface area contributed by atoms with Crippen molar-refractivity contribution in [2.45, 2.75) is 51.0 Å². The first-order valence-electron chi connectivity index (χ1n) is 9.66. The van der Waals surface area contributed by atoms with Crippen LogP contribution in [0.15, 0.2) is 48.5 Å². The van der Waals surface area contributed by atoms with Crippen molar-refractivity contribution in [2.24, 2.45) is 0 Å². The highest BCUT2D eigenvalue weighted by Gasteiger charge is 2.34. The minimum absolute atomic E-state index is 0.0501. The number of anilines is 1. The molecular formula is C22H27ClN2OS. The molecule has 0 aliphatic heterocycles. The zero-order valence-electron chi connectivity index (χ0n) is 15.8. The summed E-state index contributed by atoms with van der Waals surface area (Å²) in [7, 11) is 0. The molecule has 2 aromatic rings. The Kier molecular flexibility index (Phi) is 6.97. The molecule has 2 aromatic carbocycles. The van der Waals surface area contributed by atoms with Gasteiger partial charge in [0.1, 0.15) is 5.75 Å². The molecule has 1 aliphatic carbocycles. The van der Waals surface area contributed by atoms with Crippen LogP contribution >= 0.6 is 23.8 Å². The molecule has 27 heavy (non-hydrogen) atoms. The van der Waals surface area contributed by atoms with Crippen LogP contribution < -0.4 is 15.4 Å². The van der Waals surface area contributed by atoms with Crippen LogP contribution in [-0.2, 0) is 6.42 Å². The topological polar surface area (TPSA) is 33.3 Å². The number of ether oxygens (including phenoxy) is 1. The molecule has 0 radical (unpaired) electrons. The van der Waals surface area contributed by atoms with Crippen molar-refractivity contribution in [1.29, 1.82) is 0 Å². The zero-order chi connectivity index (χ0) is 19.1. The lowest BCUT2D eigenvalue weighted by Gasteiger charge is -2.32. The summed E-state index contributed by atoms with van der Waals surface area (Å²) in [5, 5.41) is 8.46. The van der Waals surface area contributed by atoms with Gasteiger partial charge >= 0.3 is 0 Å². The number of hydrogen-bond acceptors (Lipinski definition) is 2. The van der Waals surface area contributed by atoms with E-state index in [1.165, 1.54) is 18.4 Å². The van der Waals surface area contributed by atoms with Gasteiger partial charge in [0.2, 0.25) is 0 Å². The van der Waals surface area contributed by atoms with E-state index >= 15 is 0 Å². The Morgan fingerprint density at radius 1 is 1.11 bits per heavy atom. The van der Waals surface area contributed by atoms with Crippen LogP contribution in [0.1, 0.15) is 44.6 Å². The van der Waals surface area contributed by atoms with Gasteiger partial charge < -0.3 is 15.4 Å². The molecule has 144 valence electrons. The monoisotopic (exact) mass is 402 g/mol. The number of aryl methyl sites for hydroxylation is 1. The van der Waals surface area contributed by atoms with Crippen LogP contribution in [0, 0.1) is 0 Å². The molecule has 2 N–H and O–H groups in total. The average molecular weight is 403 g/mol. The number of rotatable bonds is 7. The average Bonchev–Trinajstić information content (AvgIpc) is 3.11. The third-order valence-electron chi connectivity index (χ3n) is 5.19. The molecule has 3 nitrogen and oxygen atoms in total. The first-order chi connectivity index (χ1) is 13.1. The Labute approximate surface area is 172 Å². The fourth-order valence-corrected chi connectivity index (χ4v) is 4.33. The minimum atomic E-state index is 0.0501. The maximum Gasteiger partial charge on any atom is 0.171 e. The summed E-state index contributed by atoms with van der Waals surface area (Å²) in [6.45, 7) is 2.65. The minimum Gasteiger partial charge on any atom is -0.494 e. The van der Waals surface area contributed by atoms with Gasteiger partial charge in [0.25, 0.3) is 0 Å². The van der Waals surface area contributed by atoms with E-state index in [1.54, 1.807) is 0 Å². The SMILES string of the molecule is CCOc1ccc(NC(=S)NC2(CCc3ccccc3Cl)CCCC2)cc1. The molecule has 0 bridgehead atoms. The van der Waals surface area contributed by atoms with Crippen LogP contribution in [0.4, 0.5) is 5.69 Å². The molecule has 5 heteroatoms. The molecule has 1 fully saturated rings. The molecule has 0 amide bonds. The van der Waals surface area contributed by atoms with Crippen molar-refractivity contribution in [3.05, 3.63) is 59.1 Å². The molecule has 1 aliphatic rings. The summed E-state index contributed by atoms with van der Waals surface area (Å²) < 4.78 is 5.49. The summed E-state index contributed by atoms with van der Waals surface area (Å²) in [6.07, 6.45) is 6.74. The van der Waals surface area contributed by atoms with E-state index in [0.29, 0.717) is 11.7 Å². The van der Waals surface area contributed by atoms with Crippen molar-refractivity contribution in [1.82, 2.24) is 5.32 Å². The van der Waals surface area contributed by atoms with Gasteiger partial charge in [-0.2, -0.15) is 0 Å². The Bertz CT molecular complexity index is 757. The molecular weight excluding hydrogens is 376 g/mol. The highest BCUT2D eigenvalue weighted by atomic mass is 35.5. The smallest absolute Gasteiger partial charge is 0.171 e. The lowest BCUT2D eigenvalue weighted by atomic mass is 9.89. The molecule has 3 rings (SSSR count). The van der Waals surface area contributed by atoms with Crippen LogP contribution in [0.5, 0.6) is 5.75 Å². The number of benzene rings is 2. The van der Waals surface area contributed by atoms with Gasteiger partial charge in [0, 0.05) is 16.2 Å². The first-order valence-corrected chi connectivity index (χ1v) is 10.4. The Morgan fingerprint density at radius 2 is 1.81 bits per heavy atom. The first kappa shape index (κ1) is 20.0. The fraction of sp³-hybridized carbons (Fsp3) is 0.409. The van der Waals surface area contributed by atoms with E-state index in [0.717, 1.165) is 42.1 Å². The van der Waals surface area contributed by atoms with Crippen molar-refractivity contribution < 1.29 is 4.74 Å². The zero-order valence-corrected chi connectivity index (χ0v) is 17.3. The predicted molar refractivity (Wildman–Crippen MR) is 118 cm³/mol. The van der Waals surface area contributed by atoms with Crippen molar-refractivity contribution >= 4 is 34.6 Å². The second kappa shape index (κ2) is 9.43. The number of halogens is 1. The number of nitrogens with one attached hydrogen (secondary N) is 2. The van der Waals surface area contributed by atoms with Gasteiger partial charge in [-0.25, -0.2) is 0 Å². The third kappa shape index (κ3) is 5.60. The Balaban J connectivity index is 1.59. The van der Waals surface area contributed by atoms with Crippen LogP contribution in [0.2, 0.25) is 5.02 Å². The van der Waals surface area contributed by atoms with E-state index in [2.05, 4.69) is 16.7 Å². The van der Waals surface area contributed by atoms with Crippen molar-refractivity contribution in [2.75, 3.05) is 11.9 Å². The van der Waals surface area contributed by atoms with Gasteiger partial charge in [-0.05, 0) is 80.7 Å². The molecule has 0 heterocycles. The third-order valence-corrected chi connectivity index (χ3v) is 5.77. The molecule has 0 aromatic heterocycles. The van der Waals surface area contributed by atoms with Crippen molar-refractivity contribution in [3.8, 4) is 5.75 Å². The van der Waals surface area contributed by atoms with Crippen molar-refractivity contribution in [3.63, 3.8) is 0 Å². The summed E-state index contributed by atoms with van der Waals surface area (Å²) in [5.74, 6) is 0.869. The van der Waals surface area contributed by atoms with Gasteiger partial charge in [-0.15, -0.1) is 0 Å². The molecule has 0 spiro atoms. The molecule has 1 saturated carbocycles. The quantitative estimate of drug-likeness (QED) is 0.559. The Hall–Kier alpha value is -1.78. The number of thiocarbonyl (C=S) groups is 1. The summed E-state index contributed by atoms with van der Waals surface area (Å²) in [6, 6.07) is 16.0. The van der Waals surface area contributed by atoms with Gasteiger partial charge in [-0.3, -0.25) is 0 Å². The second-order valence-corrected chi connectivity index (χ2v) is 7.93. The normalized spacial score (nSPS) is 15.3. The summed E-state index contributed by atoms with van der Waals surface area (Å²) in [4.78, 5) is 0. The van der Waals surface area contributed by atoms with Crippen LogP contribution in [0.3, 0.4) is 0 Å². The molecule has 0 atom stereocenters. The summed E-state index contributed by atoms with van der Waals surface area (Å²) in [5.41, 5.74) is 2.22. The highest BCUT2D eigenvalue weighted by molar-refractivity contribution is 7.80. The maximum atomic E-state index is 6.33. The second-order valence-electron chi connectivity index (χ2n) is 7.12. The highest BCUT2D eigenvalue weighted by Crippen LogP contribution is 2.34. The van der Waals surface area contributed by atoms with Gasteiger partial charge in [-0.1, -0.05) is 42.6 Å². The summed E-state index contributed by atoms with van der Waals surface area (Å²) >= 11 is 11.9. The van der Waals surface area contributed by atoms with E-state index in [4.69, 9.17) is 28.6 Å². The van der Waals surface area contributed by atoms with E-state index in [1.807, 2.05) is 49.4 Å². The molecule has 0 saturated heterocycles. The lowest BCUT2D eigenvalue weighted by Crippen LogP contribution is -2.48. The maximum absolute atomic E-state index is 6.33. The van der Waals surface area contributed by atoms with E-state index < -0.39 is 0 Å². The molecule has 0 unspecified atom stereocenters. The number of hydrogen-bond donors (Lipinski definition) is 2. The van der Waals surface area contributed by atoms with E-state index in [-0.39, 0.29) is 5.54 Å². The standard InChI is InChI=1S/C22H27ClN2OS/c1-2-26-19-11-9-18(10-12-19)24-21(27)25-22(14-5-6-15-22)16-13-17-7-3-4-8-20(17)23/h3-4,7-12H,2,5-6,13-16H2,1H3,(H2,24,25,27). The van der Waals surface area contributed by atoms with Crippen LogP contribution in [0.25, 0.3) is 0 Å².